The first-order valence-electron chi connectivity index (χ1n) is 15.0. The molecule has 0 aromatic rings. The van der Waals surface area contributed by atoms with Crippen LogP contribution in [0.1, 0.15) is 96.8 Å². The first-order valence-corrected chi connectivity index (χ1v) is 15.0. The summed E-state index contributed by atoms with van der Waals surface area (Å²) in [6.45, 7) is 1.14. The molecule has 7 N–H and O–H groups in total. The molecule has 0 unspecified atom stereocenters. The number of carbonyl (C=O) groups excluding carboxylic acids is 1. The Morgan fingerprint density at radius 1 is 0.600 bits per heavy atom. The predicted octanol–water partition coefficient (Wildman–Crippen LogP) is 0.635. The second-order valence-corrected chi connectivity index (χ2v) is 11.0. The molecule has 40 heavy (non-hydrogen) atoms. The molecule has 0 aliphatic carbocycles. The molecule has 10 atom stereocenters. The third-order valence-electron chi connectivity index (χ3n) is 7.68. The molecule has 0 aromatic heterocycles. The van der Waals surface area contributed by atoms with E-state index in [1.165, 1.54) is 57.8 Å². The van der Waals surface area contributed by atoms with Gasteiger partial charge in [0.1, 0.15) is 55.4 Å². The van der Waals surface area contributed by atoms with Crippen LogP contribution in [0.25, 0.3) is 0 Å². The zero-order chi connectivity index (χ0) is 29.5. The molecular formula is C28H52O12. The Kier molecular flexibility index (Phi) is 17.0. The van der Waals surface area contributed by atoms with Crippen LogP contribution in [0.15, 0.2) is 0 Å². The molecule has 2 heterocycles. The van der Waals surface area contributed by atoms with Gasteiger partial charge in [0, 0.05) is 6.42 Å². The van der Waals surface area contributed by atoms with Crippen LogP contribution in [0.3, 0.4) is 0 Å². The number of hydrogen-bond donors (Lipinski definition) is 7. The Labute approximate surface area is 237 Å². The Hall–Kier alpha value is -0.930. The van der Waals surface area contributed by atoms with Gasteiger partial charge in [-0.15, -0.1) is 0 Å². The van der Waals surface area contributed by atoms with Gasteiger partial charge in [0.15, 0.2) is 12.6 Å². The first-order chi connectivity index (χ1) is 19.2. The quantitative estimate of drug-likeness (QED) is 0.0833. The van der Waals surface area contributed by atoms with E-state index >= 15 is 0 Å². The van der Waals surface area contributed by atoms with Crippen molar-refractivity contribution in [1.82, 2.24) is 0 Å². The number of unbranched alkanes of at least 4 members (excludes halogenated alkanes) is 12. The van der Waals surface area contributed by atoms with E-state index in [0.717, 1.165) is 19.3 Å². The molecule has 0 spiro atoms. The molecule has 12 heteroatoms. The van der Waals surface area contributed by atoms with E-state index in [2.05, 4.69) is 6.92 Å². The summed E-state index contributed by atoms with van der Waals surface area (Å²) >= 11 is 0. The highest BCUT2D eigenvalue weighted by atomic mass is 16.8. The van der Waals surface area contributed by atoms with E-state index in [1.807, 2.05) is 0 Å². The Morgan fingerprint density at radius 2 is 1.02 bits per heavy atom. The van der Waals surface area contributed by atoms with E-state index in [-0.39, 0.29) is 6.42 Å². The summed E-state index contributed by atoms with van der Waals surface area (Å²) in [5, 5.41) is 70.1. The lowest BCUT2D eigenvalue weighted by Crippen LogP contribution is -2.63. The second kappa shape index (κ2) is 19.3. The minimum Gasteiger partial charge on any atom is -0.463 e. The fraction of sp³-hybridized carbons (Fsp3) is 0.964. The third kappa shape index (κ3) is 11.4. The van der Waals surface area contributed by atoms with Gasteiger partial charge in [-0.2, -0.15) is 0 Å². The molecular weight excluding hydrogens is 528 g/mol. The van der Waals surface area contributed by atoms with Gasteiger partial charge < -0.3 is 54.7 Å². The van der Waals surface area contributed by atoms with Gasteiger partial charge in [-0.25, -0.2) is 0 Å². The molecule has 0 radical (unpaired) electrons. The summed E-state index contributed by atoms with van der Waals surface area (Å²) in [5.41, 5.74) is 0. The predicted molar refractivity (Wildman–Crippen MR) is 143 cm³/mol. The Balaban J connectivity index is 1.64. The topological polar surface area (TPSA) is 196 Å². The van der Waals surface area contributed by atoms with Crippen LogP contribution in [0.4, 0.5) is 0 Å². The summed E-state index contributed by atoms with van der Waals surface area (Å²) in [6, 6.07) is 0. The smallest absolute Gasteiger partial charge is 0.305 e. The van der Waals surface area contributed by atoms with E-state index in [1.54, 1.807) is 0 Å². The van der Waals surface area contributed by atoms with Crippen molar-refractivity contribution < 1.29 is 59.5 Å². The highest BCUT2D eigenvalue weighted by Gasteiger charge is 2.49. The van der Waals surface area contributed by atoms with E-state index in [0.29, 0.717) is 6.42 Å². The highest BCUT2D eigenvalue weighted by molar-refractivity contribution is 5.69. The summed E-state index contributed by atoms with van der Waals surface area (Å²) < 4.78 is 21.3. The minimum atomic E-state index is -1.76. The number of ether oxygens (including phenoxy) is 4. The number of rotatable bonds is 19. The van der Waals surface area contributed by atoms with Gasteiger partial charge in [0.25, 0.3) is 0 Å². The average Bonchev–Trinajstić information content (AvgIpc) is 2.95. The molecule has 2 rings (SSSR count). The van der Waals surface area contributed by atoms with Crippen molar-refractivity contribution in [3.8, 4) is 0 Å². The molecule has 0 saturated carbocycles. The maximum Gasteiger partial charge on any atom is 0.305 e. The number of esters is 1. The molecule has 0 bridgehead atoms. The van der Waals surface area contributed by atoms with Crippen LogP contribution in [0.2, 0.25) is 0 Å². The first kappa shape index (κ1) is 35.3. The van der Waals surface area contributed by atoms with Gasteiger partial charge in [0.05, 0.1) is 6.61 Å². The van der Waals surface area contributed by atoms with Crippen LogP contribution >= 0.6 is 0 Å². The second-order valence-electron chi connectivity index (χ2n) is 11.0. The van der Waals surface area contributed by atoms with Crippen LogP contribution in [0.5, 0.6) is 0 Å². The van der Waals surface area contributed by atoms with Crippen molar-refractivity contribution >= 4 is 5.97 Å². The zero-order valence-electron chi connectivity index (χ0n) is 23.8. The van der Waals surface area contributed by atoms with Crippen molar-refractivity contribution in [3.63, 3.8) is 0 Å². The van der Waals surface area contributed by atoms with Gasteiger partial charge >= 0.3 is 5.97 Å². The molecule has 0 amide bonds. The number of carbonyl (C=O) groups is 1. The lowest BCUT2D eigenvalue weighted by atomic mass is 9.98. The molecule has 2 fully saturated rings. The third-order valence-corrected chi connectivity index (χ3v) is 7.68. The lowest BCUT2D eigenvalue weighted by molar-refractivity contribution is -0.376. The van der Waals surface area contributed by atoms with Crippen LogP contribution in [-0.4, -0.2) is 116 Å². The lowest BCUT2D eigenvalue weighted by Gasteiger charge is -2.44. The monoisotopic (exact) mass is 580 g/mol. The van der Waals surface area contributed by atoms with Crippen LogP contribution in [-0.2, 0) is 23.7 Å². The minimum absolute atomic E-state index is 0.205. The number of aliphatic hydroxyl groups is 7. The fourth-order valence-electron chi connectivity index (χ4n) is 5.01. The molecule has 0 aromatic carbocycles. The van der Waals surface area contributed by atoms with E-state index < -0.39 is 80.6 Å². The van der Waals surface area contributed by atoms with Crippen LogP contribution < -0.4 is 0 Å². The van der Waals surface area contributed by atoms with Crippen LogP contribution in [0, 0.1) is 0 Å². The van der Waals surface area contributed by atoms with E-state index in [9.17, 15) is 40.5 Å². The van der Waals surface area contributed by atoms with Crippen molar-refractivity contribution in [3.05, 3.63) is 0 Å². The maximum atomic E-state index is 12.2. The highest BCUT2D eigenvalue weighted by Crippen LogP contribution is 2.28. The maximum absolute atomic E-state index is 12.2. The van der Waals surface area contributed by atoms with Crippen molar-refractivity contribution in [1.29, 1.82) is 0 Å². The molecule has 2 saturated heterocycles. The van der Waals surface area contributed by atoms with Crippen molar-refractivity contribution in [2.24, 2.45) is 0 Å². The Morgan fingerprint density at radius 3 is 1.50 bits per heavy atom. The van der Waals surface area contributed by atoms with Gasteiger partial charge in [-0.3, -0.25) is 4.79 Å². The summed E-state index contributed by atoms with van der Waals surface area (Å²) in [4.78, 5) is 12.2. The Bertz CT molecular complexity index is 680. The SMILES string of the molecule is CCCCCCCCCCCCCCCC(=O)OC[C@@H]1O[C@H](O[C@H]2O[C@H](CO)[C@@H](O)[C@H](O)[C@@H]2O)[C@@H](O)[C@@H](O)[C@@H]1O. The number of aliphatic hydroxyl groups excluding tert-OH is 7. The summed E-state index contributed by atoms with van der Waals surface area (Å²) in [6.07, 6.45) is -0.249. The molecule has 2 aliphatic rings. The fourth-order valence-corrected chi connectivity index (χ4v) is 5.01. The summed E-state index contributed by atoms with van der Waals surface area (Å²) in [5.74, 6) is -0.481. The normalized spacial score (nSPS) is 34.6. The largest absolute Gasteiger partial charge is 0.463 e. The molecule has 2 aliphatic heterocycles. The summed E-state index contributed by atoms with van der Waals surface area (Å²) in [7, 11) is 0. The number of hydrogen-bond acceptors (Lipinski definition) is 12. The van der Waals surface area contributed by atoms with Crippen molar-refractivity contribution in [2.75, 3.05) is 13.2 Å². The standard InChI is InChI=1S/C28H52O12/c1-2-3-4-5-6-7-8-9-10-11-12-13-14-15-20(30)37-17-19-22(32)24(34)26(36)28(39-19)40-27-25(35)23(33)21(31)18(16-29)38-27/h18-19,21-29,31-36H,2-17H2,1H3/t18-,19+,21-,22-,23+,24+,25+,26+,27-,28-/m1/s1. The van der Waals surface area contributed by atoms with Crippen molar-refractivity contribution in [2.45, 2.75) is 158 Å². The zero-order valence-corrected chi connectivity index (χ0v) is 23.8. The van der Waals surface area contributed by atoms with Gasteiger partial charge in [0.2, 0.25) is 0 Å². The molecule has 236 valence electrons. The van der Waals surface area contributed by atoms with Gasteiger partial charge in [-0.05, 0) is 6.42 Å². The van der Waals surface area contributed by atoms with Gasteiger partial charge in [-0.1, -0.05) is 84.0 Å². The molecule has 12 nitrogen and oxygen atoms in total. The average molecular weight is 581 g/mol. The van der Waals surface area contributed by atoms with E-state index in [4.69, 9.17) is 18.9 Å².